The largest absolute Gasteiger partial charge is 0.392 e. The fourth-order valence-corrected chi connectivity index (χ4v) is 4.12. The highest BCUT2D eigenvalue weighted by atomic mass is 35.5. The third-order valence-corrected chi connectivity index (χ3v) is 5.51. The minimum absolute atomic E-state index is 0.0321. The van der Waals surface area contributed by atoms with E-state index in [0.717, 1.165) is 25.9 Å². The van der Waals surface area contributed by atoms with Gasteiger partial charge in [-0.15, -0.1) is 0 Å². The van der Waals surface area contributed by atoms with Gasteiger partial charge in [0.05, 0.1) is 11.6 Å². The van der Waals surface area contributed by atoms with E-state index in [2.05, 4.69) is 9.62 Å². The summed E-state index contributed by atoms with van der Waals surface area (Å²) < 4.78 is 27.5. The van der Waals surface area contributed by atoms with Crippen LogP contribution in [0, 0.1) is 0 Å². The monoisotopic (exact) mass is 318 g/mol. The predicted molar refractivity (Wildman–Crippen MR) is 78.2 cm³/mol. The number of halogens is 1. The maximum atomic E-state index is 12.4. The van der Waals surface area contributed by atoms with Gasteiger partial charge in [0.1, 0.15) is 4.90 Å². The second-order valence-electron chi connectivity index (χ2n) is 5.12. The van der Waals surface area contributed by atoms with Crippen molar-refractivity contribution in [3.05, 3.63) is 28.8 Å². The Morgan fingerprint density at radius 3 is 2.65 bits per heavy atom. The molecule has 1 aromatic carbocycles. The van der Waals surface area contributed by atoms with Gasteiger partial charge in [0, 0.05) is 6.04 Å². The molecule has 0 aliphatic carbocycles. The Bertz CT molecular complexity index is 569. The summed E-state index contributed by atoms with van der Waals surface area (Å²) in [6.45, 7) is 1.53. The minimum Gasteiger partial charge on any atom is -0.392 e. The highest BCUT2D eigenvalue weighted by molar-refractivity contribution is 7.89. The van der Waals surface area contributed by atoms with Crippen molar-refractivity contribution in [3.8, 4) is 0 Å². The summed E-state index contributed by atoms with van der Waals surface area (Å²) in [5.41, 5.74) is 0.526. The summed E-state index contributed by atoms with van der Waals surface area (Å²) in [5, 5.41) is 9.27. The van der Waals surface area contributed by atoms with Crippen LogP contribution < -0.4 is 4.72 Å². The summed E-state index contributed by atoms with van der Waals surface area (Å²) >= 11 is 5.97. The fraction of sp³-hybridized carbons (Fsp3) is 0.538. The van der Waals surface area contributed by atoms with Crippen LogP contribution in [0.5, 0.6) is 0 Å². The molecule has 0 aromatic heterocycles. The van der Waals surface area contributed by atoms with Crippen molar-refractivity contribution in [3.63, 3.8) is 0 Å². The van der Waals surface area contributed by atoms with Crippen LogP contribution in [0.25, 0.3) is 0 Å². The van der Waals surface area contributed by atoms with Crippen molar-refractivity contribution in [1.82, 2.24) is 9.62 Å². The third kappa shape index (κ3) is 3.71. The molecule has 0 spiro atoms. The fourth-order valence-electron chi connectivity index (χ4n) is 2.26. The number of likely N-dealkylation sites (tertiary alicyclic amines) is 1. The van der Waals surface area contributed by atoms with Gasteiger partial charge < -0.3 is 10.0 Å². The molecule has 1 heterocycles. The zero-order chi connectivity index (χ0) is 14.8. The number of nitrogens with one attached hydrogen (secondary N) is 1. The number of aliphatic hydroxyl groups is 1. The Morgan fingerprint density at radius 2 is 2.05 bits per heavy atom. The van der Waals surface area contributed by atoms with Gasteiger partial charge >= 0.3 is 0 Å². The van der Waals surface area contributed by atoms with Gasteiger partial charge in [0.15, 0.2) is 0 Å². The second kappa shape index (κ2) is 6.41. The first-order chi connectivity index (χ1) is 9.42. The highest BCUT2D eigenvalue weighted by Crippen LogP contribution is 2.23. The zero-order valence-corrected chi connectivity index (χ0v) is 12.9. The molecule has 2 N–H and O–H groups in total. The van der Waals surface area contributed by atoms with Gasteiger partial charge in [-0.25, -0.2) is 13.1 Å². The molecule has 1 saturated heterocycles. The van der Waals surface area contributed by atoms with Crippen molar-refractivity contribution in [1.29, 1.82) is 0 Å². The SMILES string of the molecule is CN1CCC(NS(=O)(=O)c2cc(CO)ccc2Cl)CC1. The molecule has 2 rings (SSSR count). The minimum atomic E-state index is -3.65. The van der Waals surface area contributed by atoms with E-state index in [1.807, 2.05) is 7.05 Å². The van der Waals surface area contributed by atoms with Crippen LogP contribution in [0.4, 0.5) is 0 Å². The first-order valence-electron chi connectivity index (χ1n) is 6.52. The Labute approximate surface area is 124 Å². The molecule has 0 amide bonds. The van der Waals surface area contributed by atoms with Crippen LogP contribution >= 0.6 is 11.6 Å². The van der Waals surface area contributed by atoms with Gasteiger partial charge in [0.25, 0.3) is 0 Å². The van der Waals surface area contributed by atoms with Crippen molar-refractivity contribution >= 4 is 21.6 Å². The van der Waals surface area contributed by atoms with Gasteiger partial charge in [-0.2, -0.15) is 0 Å². The number of sulfonamides is 1. The molecule has 112 valence electrons. The molecular formula is C13H19ClN2O3S. The second-order valence-corrected chi connectivity index (χ2v) is 7.21. The molecule has 1 fully saturated rings. The summed E-state index contributed by atoms with van der Waals surface area (Å²) in [7, 11) is -1.63. The van der Waals surface area contributed by atoms with Gasteiger partial charge in [-0.3, -0.25) is 0 Å². The lowest BCUT2D eigenvalue weighted by Crippen LogP contribution is -2.43. The first-order valence-corrected chi connectivity index (χ1v) is 8.38. The number of aliphatic hydroxyl groups excluding tert-OH is 1. The van der Waals surface area contributed by atoms with E-state index in [1.165, 1.54) is 12.1 Å². The average Bonchev–Trinajstić information content (AvgIpc) is 2.41. The zero-order valence-electron chi connectivity index (χ0n) is 11.3. The van der Waals surface area contributed by atoms with Gasteiger partial charge in [-0.1, -0.05) is 17.7 Å². The molecule has 5 nitrogen and oxygen atoms in total. The molecule has 0 saturated carbocycles. The number of hydrogen-bond donors (Lipinski definition) is 2. The summed E-state index contributed by atoms with van der Waals surface area (Å²) in [5.74, 6) is 0. The standard InChI is InChI=1S/C13H19ClN2O3S/c1-16-6-4-11(5-7-16)15-20(18,19)13-8-10(9-17)2-3-12(13)14/h2-3,8,11,15,17H,4-7,9H2,1H3. The van der Waals surface area contributed by atoms with Crippen LogP contribution in [-0.2, 0) is 16.6 Å². The van der Waals surface area contributed by atoms with Crippen LogP contribution in [-0.4, -0.2) is 44.6 Å². The molecule has 1 aliphatic heterocycles. The van der Waals surface area contributed by atoms with E-state index in [9.17, 15) is 8.42 Å². The number of rotatable bonds is 4. The summed E-state index contributed by atoms with van der Waals surface area (Å²) in [4.78, 5) is 2.20. The Balaban J connectivity index is 2.18. The van der Waals surface area contributed by atoms with E-state index in [-0.39, 0.29) is 22.6 Å². The Morgan fingerprint density at radius 1 is 1.40 bits per heavy atom. The average molecular weight is 319 g/mol. The molecule has 1 aromatic rings. The van der Waals surface area contributed by atoms with E-state index in [4.69, 9.17) is 16.7 Å². The number of nitrogens with zero attached hydrogens (tertiary/aromatic N) is 1. The van der Waals surface area contributed by atoms with E-state index in [0.29, 0.717) is 5.56 Å². The smallest absolute Gasteiger partial charge is 0.242 e. The van der Waals surface area contributed by atoms with Crippen molar-refractivity contribution in [2.75, 3.05) is 20.1 Å². The maximum Gasteiger partial charge on any atom is 0.242 e. The molecule has 0 bridgehead atoms. The topological polar surface area (TPSA) is 69.6 Å². The molecule has 1 aliphatic rings. The van der Waals surface area contributed by atoms with E-state index < -0.39 is 10.0 Å². The van der Waals surface area contributed by atoms with Crippen molar-refractivity contribution < 1.29 is 13.5 Å². The lowest BCUT2D eigenvalue weighted by atomic mass is 10.1. The van der Waals surface area contributed by atoms with Crippen LogP contribution in [0.2, 0.25) is 5.02 Å². The normalized spacial score (nSPS) is 18.4. The lowest BCUT2D eigenvalue weighted by molar-refractivity contribution is 0.248. The first kappa shape index (κ1) is 15.7. The van der Waals surface area contributed by atoms with Crippen LogP contribution in [0.3, 0.4) is 0 Å². The summed E-state index contributed by atoms with van der Waals surface area (Å²) in [6, 6.07) is 4.46. The number of benzene rings is 1. The molecule has 0 atom stereocenters. The van der Waals surface area contributed by atoms with Crippen LogP contribution in [0.1, 0.15) is 18.4 Å². The van der Waals surface area contributed by atoms with Crippen molar-refractivity contribution in [2.45, 2.75) is 30.4 Å². The molecule has 0 unspecified atom stereocenters. The van der Waals surface area contributed by atoms with Gasteiger partial charge in [0.2, 0.25) is 10.0 Å². The van der Waals surface area contributed by atoms with Crippen molar-refractivity contribution in [2.24, 2.45) is 0 Å². The van der Waals surface area contributed by atoms with Crippen LogP contribution in [0.15, 0.2) is 23.1 Å². The Kier molecular flexibility index (Phi) is 5.04. The molecule has 20 heavy (non-hydrogen) atoms. The molecule has 7 heteroatoms. The highest BCUT2D eigenvalue weighted by Gasteiger charge is 2.25. The quantitative estimate of drug-likeness (QED) is 0.875. The summed E-state index contributed by atoms with van der Waals surface area (Å²) in [6.07, 6.45) is 1.57. The predicted octanol–water partition coefficient (Wildman–Crippen LogP) is 1.20. The number of piperidine rings is 1. The molecular weight excluding hydrogens is 300 g/mol. The Hall–Kier alpha value is -0.660. The van der Waals surface area contributed by atoms with Gasteiger partial charge in [-0.05, 0) is 50.7 Å². The molecule has 0 radical (unpaired) electrons. The number of hydrogen-bond acceptors (Lipinski definition) is 4. The third-order valence-electron chi connectivity index (χ3n) is 3.51. The maximum absolute atomic E-state index is 12.4. The lowest BCUT2D eigenvalue weighted by Gasteiger charge is -2.29. The van der Waals surface area contributed by atoms with E-state index in [1.54, 1.807) is 6.07 Å². The van der Waals surface area contributed by atoms with E-state index >= 15 is 0 Å².